The number of piperidine rings is 1. The van der Waals surface area contributed by atoms with E-state index in [1.54, 1.807) is 0 Å². The Kier molecular flexibility index (Phi) is 8.33. The molecule has 0 unspecified atom stereocenters. The summed E-state index contributed by atoms with van der Waals surface area (Å²) in [4.78, 5) is 17.1. The lowest BCUT2D eigenvalue weighted by Gasteiger charge is -2.26. The summed E-state index contributed by atoms with van der Waals surface area (Å²) in [6.45, 7) is 10.4. The minimum atomic E-state index is -0.236. The number of aromatic hydroxyl groups is 1. The quantitative estimate of drug-likeness (QED) is 0.377. The minimum absolute atomic E-state index is 0.0525. The molecule has 5 nitrogen and oxygen atoms in total. The molecule has 2 heterocycles. The molecule has 0 amide bonds. The summed E-state index contributed by atoms with van der Waals surface area (Å²) in [5.74, 6) is 2.47. The molecular formula is C29H38BrN3O2. The Morgan fingerprint density at radius 3 is 2.40 bits per heavy atom. The molecule has 1 aliphatic heterocycles. The zero-order valence-electron chi connectivity index (χ0n) is 21.4. The molecule has 1 saturated carbocycles. The second kappa shape index (κ2) is 11.3. The van der Waals surface area contributed by atoms with Crippen LogP contribution in [0.5, 0.6) is 5.75 Å². The van der Waals surface area contributed by atoms with Crippen LogP contribution in [0, 0.1) is 12.8 Å². The number of nitrogens with one attached hydrogen (secondary N) is 1. The van der Waals surface area contributed by atoms with Crippen molar-refractivity contribution in [1.29, 1.82) is 0 Å². The number of hydrogen-bond acceptors (Lipinski definition) is 4. The van der Waals surface area contributed by atoms with Crippen LogP contribution >= 0.6 is 15.9 Å². The Bertz CT molecular complexity index is 1240. The largest absolute Gasteiger partial charge is 0.508 e. The van der Waals surface area contributed by atoms with Gasteiger partial charge in [-0.3, -0.25) is 9.36 Å². The average molecular weight is 541 g/mol. The topological polar surface area (TPSA) is 67.2 Å². The number of hydrogen-bond donors (Lipinski definition) is 2. The number of nitrogens with zero attached hydrogens (tertiary/aromatic N) is 2. The van der Waals surface area contributed by atoms with Gasteiger partial charge in [-0.15, -0.1) is 0 Å². The monoisotopic (exact) mass is 539 g/mol. The van der Waals surface area contributed by atoms with Crippen LogP contribution in [0.2, 0.25) is 0 Å². The minimum Gasteiger partial charge on any atom is -0.508 e. The molecule has 2 N–H and O–H groups in total. The normalized spacial score (nSPS) is 17.1. The smallest absolute Gasteiger partial charge is 0.281 e. The van der Waals surface area contributed by atoms with E-state index in [1.807, 2.05) is 42.7 Å². The van der Waals surface area contributed by atoms with Gasteiger partial charge >= 0.3 is 0 Å². The lowest BCUT2D eigenvalue weighted by atomic mass is 9.88. The zero-order valence-corrected chi connectivity index (χ0v) is 23.0. The Morgan fingerprint density at radius 2 is 1.80 bits per heavy atom. The van der Waals surface area contributed by atoms with Crippen molar-refractivity contribution in [3.05, 3.63) is 62.1 Å². The van der Waals surface area contributed by atoms with Crippen molar-refractivity contribution in [3.63, 3.8) is 0 Å². The molecule has 1 saturated heterocycles. The number of phenols is 1. The predicted molar refractivity (Wildman–Crippen MR) is 148 cm³/mol. The third-order valence-electron chi connectivity index (χ3n) is 7.42. The van der Waals surface area contributed by atoms with Gasteiger partial charge in [0.1, 0.15) is 11.6 Å². The van der Waals surface area contributed by atoms with Crippen molar-refractivity contribution in [2.75, 3.05) is 13.1 Å². The van der Waals surface area contributed by atoms with Crippen LogP contribution in [0.3, 0.4) is 0 Å². The molecule has 5 rings (SSSR count). The van der Waals surface area contributed by atoms with Crippen LogP contribution < -0.4 is 10.9 Å². The first-order chi connectivity index (χ1) is 16.8. The second-order valence-corrected chi connectivity index (χ2v) is 11.4. The Hall–Kier alpha value is -2.18. The van der Waals surface area contributed by atoms with Gasteiger partial charge in [0.15, 0.2) is 0 Å². The second-order valence-electron chi connectivity index (χ2n) is 10.5. The van der Waals surface area contributed by atoms with E-state index in [4.69, 9.17) is 0 Å². The summed E-state index contributed by atoms with van der Waals surface area (Å²) < 4.78 is 2.75. The van der Waals surface area contributed by atoms with Crippen LogP contribution in [0.4, 0.5) is 0 Å². The molecular weight excluding hydrogens is 502 g/mol. The van der Waals surface area contributed by atoms with E-state index in [9.17, 15) is 9.90 Å². The number of halogens is 1. The zero-order chi connectivity index (χ0) is 25.1. The lowest BCUT2D eigenvalue weighted by molar-refractivity contribution is 0.424. The Balaban J connectivity index is 0.000000421. The van der Waals surface area contributed by atoms with Gasteiger partial charge in [0.2, 0.25) is 0 Å². The van der Waals surface area contributed by atoms with Crippen LogP contribution in [0.25, 0.3) is 16.6 Å². The molecule has 1 aromatic heterocycles. The first kappa shape index (κ1) is 25.9. The number of phenolic OH excluding ortho intramolecular Hbond substituents is 1. The highest BCUT2D eigenvalue weighted by Gasteiger charge is 2.22. The van der Waals surface area contributed by atoms with Gasteiger partial charge in [0.25, 0.3) is 5.56 Å². The number of benzene rings is 2. The first-order valence-electron chi connectivity index (χ1n) is 13.0. The summed E-state index contributed by atoms with van der Waals surface area (Å²) in [6.07, 6.45) is 8.00. The molecule has 3 aromatic rings. The molecule has 188 valence electrons. The summed E-state index contributed by atoms with van der Waals surface area (Å²) >= 11 is 3.50. The third-order valence-corrected chi connectivity index (χ3v) is 8.08. The van der Waals surface area contributed by atoms with E-state index in [1.165, 1.54) is 25.7 Å². The SMILES string of the molecule is CC1CCCC1.Cc1cc(C2CCNCC2)c(O)cc1-n1c(C(C)C)nc(=O)c2c(Br)cccc21. The number of fused-ring (bicyclic) bond motifs is 1. The Morgan fingerprint density at radius 1 is 1.11 bits per heavy atom. The van der Waals surface area contributed by atoms with E-state index >= 15 is 0 Å². The fraction of sp³-hybridized carbons (Fsp3) is 0.517. The average Bonchev–Trinajstić information content (AvgIpc) is 3.32. The van der Waals surface area contributed by atoms with Crippen molar-refractivity contribution >= 4 is 26.8 Å². The first-order valence-corrected chi connectivity index (χ1v) is 13.8. The summed E-state index contributed by atoms with van der Waals surface area (Å²) in [5.41, 5.74) is 3.49. The summed E-state index contributed by atoms with van der Waals surface area (Å²) in [5, 5.41) is 14.8. The van der Waals surface area contributed by atoms with E-state index in [2.05, 4.69) is 46.1 Å². The molecule has 6 heteroatoms. The molecule has 0 radical (unpaired) electrons. The van der Waals surface area contributed by atoms with Crippen molar-refractivity contribution in [2.24, 2.45) is 5.92 Å². The summed E-state index contributed by atoms with van der Waals surface area (Å²) in [6, 6.07) is 9.66. The molecule has 2 fully saturated rings. The molecule has 1 aliphatic carbocycles. The molecule has 0 atom stereocenters. The van der Waals surface area contributed by atoms with Gasteiger partial charge in [-0.05, 0) is 83.9 Å². The van der Waals surface area contributed by atoms with E-state index in [0.717, 1.165) is 58.7 Å². The highest BCUT2D eigenvalue weighted by Crippen LogP contribution is 2.37. The molecule has 35 heavy (non-hydrogen) atoms. The fourth-order valence-corrected chi connectivity index (χ4v) is 5.95. The number of aryl methyl sites for hydroxylation is 1. The van der Waals surface area contributed by atoms with Gasteiger partial charge in [0, 0.05) is 16.5 Å². The van der Waals surface area contributed by atoms with Crippen LogP contribution in [-0.2, 0) is 0 Å². The molecule has 0 spiro atoms. The van der Waals surface area contributed by atoms with Crippen LogP contribution in [0.1, 0.15) is 88.1 Å². The maximum Gasteiger partial charge on any atom is 0.281 e. The van der Waals surface area contributed by atoms with Crippen molar-refractivity contribution in [3.8, 4) is 11.4 Å². The summed E-state index contributed by atoms with van der Waals surface area (Å²) in [7, 11) is 0. The van der Waals surface area contributed by atoms with Gasteiger partial charge in [-0.1, -0.05) is 58.6 Å². The van der Waals surface area contributed by atoms with Crippen molar-refractivity contribution < 1.29 is 5.11 Å². The maximum atomic E-state index is 12.7. The Labute approximate surface area is 217 Å². The maximum absolute atomic E-state index is 12.7. The van der Waals surface area contributed by atoms with Gasteiger partial charge in [0.05, 0.1) is 16.6 Å². The standard InChI is InChI=1S/C23H26BrN3O2.C6H12/c1-13(2)22-26-23(29)21-17(24)5-4-6-18(21)27(22)19-12-20(28)16(11-14(19)3)15-7-9-25-10-8-15;1-6-4-2-3-5-6/h4-6,11-13,15,25,28H,7-10H2,1-3H3;6H,2-5H2,1H3. The van der Waals surface area contributed by atoms with Crippen LogP contribution in [0.15, 0.2) is 39.6 Å². The van der Waals surface area contributed by atoms with Crippen LogP contribution in [-0.4, -0.2) is 27.7 Å². The lowest BCUT2D eigenvalue weighted by Crippen LogP contribution is -2.26. The highest BCUT2D eigenvalue weighted by atomic mass is 79.9. The van der Waals surface area contributed by atoms with E-state index in [0.29, 0.717) is 22.9 Å². The highest BCUT2D eigenvalue weighted by molar-refractivity contribution is 9.10. The van der Waals surface area contributed by atoms with Gasteiger partial charge < -0.3 is 10.4 Å². The van der Waals surface area contributed by atoms with E-state index < -0.39 is 0 Å². The number of rotatable bonds is 3. The predicted octanol–water partition coefficient (Wildman–Crippen LogP) is 6.95. The van der Waals surface area contributed by atoms with Crippen molar-refractivity contribution in [1.82, 2.24) is 14.9 Å². The van der Waals surface area contributed by atoms with Gasteiger partial charge in [-0.2, -0.15) is 4.98 Å². The number of aromatic nitrogens is 2. The molecule has 2 aliphatic rings. The van der Waals surface area contributed by atoms with Crippen molar-refractivity contribution in [2.45, 2.75) is 78.1 Å². The van der Waals surface area contributed by atoms with E-state index in [-0.39, 0.29) is 11.5 Å². The third kappa shape index (κ3) is 5.64. The van der Waals surface area contributed by atoms with Gasteiger partial charge in [-0.25, -0.2) is 0 Å². The molecule has 0 bridgehead atoms. The fourth-order valence-electron chi connectivity index (χ4n) is 5.42. The molecule has 2 aromatic carbocycles.